The first-order valence-electron chi connectivity index (χ1n) is 3.73. The molecule has 0 spiro atoms. The number of para-hydroxylation sites is 1. The fourth-order valence-corrected chi connectivity index (χ4v) is 1.98. The highest BCUT2D eigenvalue weighted by atomic mass is 32.2. The summed E-state index contributed by atoms with van der Waals surface area (Å²) in [6, 6.07) is 8.09. The molecule has 12 heavy (non-hydrogen) atoms. The van der Waals surface area contributed by atoms with Crippen LogP contribution in [0.1, 0.15) is 0 Å². The van der Waals surface area contributed by atoms with Crippen molar-refractivity contribution in [2.75, 3.05) is 12.9 Å². The summed E-state index contributed by atoms with van der Waals surface area (Å²) >= 11 is 1.77. The van der Waals surface area contributed by atoms with E-state index in [9.17, 15) is 0 Å². The van der Waals surface area contributed by atoms with E-state index in [4.69, 9.17) is 4.74 Å². The molecule has 0 unspecified atom stereocenters. The highest BCUT2D eigenvalue weighted by Gasteiger charge is 2.10. The molecule has 1 aliphatic heterocycles. The number of hydrogen-bond acceptors (Lipinski definition) is 3. The number of ether oxygens (including phenoxy) is 1. The molecule has 0 bridgehead atoms. The Bertz CT molecular complexity index is 322. The first kappa shape index (κ1) is 7.68. The highest BCUT2D eigenvalue weighted by Crippen LogP contribution is 2.33. The van der Waals surface area contributed by atoms with Crippen LogP contribution in [0.5, 0.6) is 0 Å². The van der Waals surface area contributed by atoms with Crippen LogP contribution in [-0.4, -0.2) is 18.8 Å². The quantitative estimate of drug-likeness (QED) is 0.610. The van der Waals surface area contributed by atoms with Crippen LogP contribution in [-0.2, 0) is 4.74 Å². The summed E-state index contributed by atoms with van der Waals surface area (Å²) in [5.74, 6) is 1.65. The minimum Gasteiger partial charge on any atom is -0.483 e. The van der Waals surface area contributed by atoms with E-state index in [-0.39, 0.29) is 0 Å². The van der Waals surface area contributed by atoms with E-state index in [0.29, 0.717) is 0 Å². The van der Waals surface area contributed by atoms with E-state index in [1.807, 2.05) is 18.2 Å². The van der Waals surface area contributed by atoms with Gasteiger partial charge in [0.15, 0.2) is 5.90 Å². The zero-order valence-corrected chi connectivity index (χ0v) is 7.60. The van der Waals surface area contributed by atoms with E-state index in [1.165, 1.54) is 4.90 Å². The summed E-state index contributed by atoms with van der Waals surface area (Å²) in [4.78, 5) is 5.57. The predicted octanol–water partition coefficient (Wildman–Crippen LogP) is 2.47. The molecule has 0 aromatic heterocycles. The Hall–Kier alpha value is -0.960. The van der Waals surface area contributed by atoms with Crippen LogP contribution in [0.2, 0.25) is 0 Å². The summed E-state index contributed by atoms with van der Waals surface area (Å²) in [5.41, 5.74) is 1.02. The van der Waals surface area contributed by atoms with E-state index in [0.717, 1.165) is 17.3 Å². The molecule has 0 amide bonds. The Kier molecular flexibility index (Phi) is 2.04. The van der Waals surface area contributed by atoms with Gasteiger partial charge in [0.25, 0.3) is 0 Å². The average Bonchev–Trinajstić information content (AvgIpc) is 2.17. The van der Waals surface area contributed by atoms with Crippen molar-refractivity contribution in [1.82, 2.24) is 0 Å². The Balaban J connectivity index is 2.41. The Morgan fingerprint density at radius 2 is 2.25 bits per heavy atom. The molecule has 0 saturated carbocycles. The summed E-state index contributed by atoms with van der Waals surface area (Å²) < 4.78 is 5.08. The lowest BCUT2D eigenvalue weighted by Gasteiger charge is -2.12. The third-order valence-electron chi connectivity index (χ3n) is 1.70. The highest BCUT2D eigenvalue weighted by molar-refractivity contribution is 8.00. The Morgan fingerprint density at radius 1 is 1.42 bits per heavy atom. The van der Waals surface area contributed by atoms with Crippen molar-refractivity contribution in [2.45, 2.75) is 4.90 Å². The van der Waals surface area contributed by atoms with Crippen LogP contribution >= 0.6 is 11.8 Å². The van der Waals surface area contributed by atoms with Gasteiger partial charge in [-0.05, 0) is 12.1 Å². The molecule has 0 aliphatic carbocycles. The van der Waals surface area contributed by atoms with E-state index in [2.05, 4.69) is 11.1 Å². The topological polar surface area (TPSA) is 21.6 Å². The van der Waals surface area contributed by atoms with Gasteiger partial charge in [0.2, 0.25) is 0 Å². The van der Waals surface area contributed by atoms with Gasteiger partial charge >= 0.3 is 0 Å². The standard InChI is InChI=1S/C9H9NOS/c1-11-9-6-12-8-5-3-2-4-7(8)10-9/h2-5H,6H2,1H3. The molecule has 1 aromatic carbocycles. The summed E-state index contributed by atoms with van der Waals surface area (Å²) in [7, 11) is 1.66. The number of methoxy groups -OCH3 is 1. The van der Waals surface area contributed by atoms with Crippen molar-refractivity contribution >= 4 is 23.3 Å². The molecule has 1 aliphatic rings. The fourth-order valence-electron chi connectivity index (χ4n) is 1.08. The summed E-state index contributed by atoms with van der Waals surface area (Å²) in [5, 5.41) is 0. The van der Waals surface area contributed by atoms with Crippen LogP contribution < -0.4 is 0 Å². The normalized spacial score (nSPS) is 14.9. The second kappa shape index (κ2) is 3.19. The third kappa shape index (κ3) is 1.32. The first-order valence-corrected chi connectivity index (χ1v) is 4.72. The number of fused-ring (bicyclic) bond motifs is 1. The Morgan fingerprint density at radius 3 is 3.08 bits per heavy atom. The number of thioether (sulfide) groups is 1. The largest absolute Gasteiger partial charge is 0.483 e. The lowest BCUT2D eigenvalue weighted by atomic mass is 10.3. The zero-order valence-electron chi connectivity index (χ0n) is 6.78. The van der Waals surface area contributed by atoms with Gasteiger partial charge in [0.05, 0.1) is 18.6 Å². The molecule has 0 radical (unpaired) electrons. The molecule has 1 aromatic rings. The van der Waals surface area contributed by atoms with Gasteiger partial charge in [-0.3, -0.25) is 0 Å². The number of benzene rings is 1. The van der Waals surface area contributed by atoms with Crippen molar-refractivity contribution in [1.29, 1.82) is 0 Å². The van der Waals surface area contributed by atoms with Gasteiger partial charge in [-0.25, -0.2) is 4.99 Å². The lowest BCUT2D eigenvalue weighted by molar-refractivity contribution is 0.401. The molecule has 0 atom stereocenters. The van der Waals surface area contributed by atoms with Crippen molar-refractivity contribution < 1.29 is 4.74 Å². The maximum Gasteiger partial charge on any atom is 0.198 e. The van der Waals surface area contributed by atoms with Crippen LogP contribution in [0, 0.1) is 0 Å². The second-order valence-electron chi connectivity index (χ2n) is 2.47. The predicted molar refractivity (Wildman–Crippen MR) is 51.3 cm³/mol. The summed E-state index contributed by atoms with van der Waals surface area (Å²) in [6.45, 7) is 0. The Labute approximate surface area is 75.7 Å². The number of rotatable bonds is 0. The minimum atomic E-state index is 0.804. The van der Waals surface area contributed by atoms with Crippen LogP contribution in [0.15, 0.2) is 34.2 Å². The first-order chi connectivity index (χ1) is 5.90. The summed E-state index contributed by atoms with van der Waals surface area (Å²) in [6.07, 6.45) is 0. The molecule has 2 nitrogen and oxygen atoms in total. The van der Waals surface area contributed by atoms with E-state index in [1.54, 1.807) is 18.9 Å². The van der Waals surface area contributed by atoms with Gasteiger partial charge in [-0.1, -0.05) is 12.1 Å². The molecule has 0 N–H and O–H groups in total. The number of hydrogen-bond donors (Lipinski definition) is 0. The van der Waals surface area contributed by atoms with Crippen molar-refractivity contribution in [3.63, 3.8) is 0 Å². The second-order valence-corrected chi connectivity index (χ2v) is 3.48. The minimum absolute atomic E-state index is 0.804. The van der Waals surface area contributed by atoms with Gasteiger partial charge < -0.3 is 4.74 Å². The monoisotopic (exact) mass is 179 g/mol. The smallest absolute Gasteiger partial charge is 0.198 e. The number of aliphatic imine (C=N–C) groups is 1. The van der Waals surface area contributed by atoms with E-state index >= 15 is 0 Å². The molecule has 1 heterocycles. The molecule has 3 heteroatoms. The molecule has 62 valence electrons. The van der Waals surface area contributed by atoms with E-state index < -0.39 is 0 Å². The van der Waals surface area contributed by atoms with Gasteiger partial charge in [0.1, 0.15) is 0 Å². The molecule has 0 fully saturated rings. The van der Waals surface area contributed by atoms with Gasteiger partial charge in [-0.2, -0.15) is 0 Å². The average molecular weight is 179 g/mol. The van der Waals surface area contributed by atoms with Crippen molar-refractivity contribution in [2.24, 2.45) is 4.99 Å². The van der Waals surface area contributed by atoms with Crippen LogP contribution in [0.3, 0.4) is 0 Å². The van der Waals surface area contributed by atoms with Crippen molar-refractivity contribution in [3.8, 4) is 0 Å². The number of nitrogens with zero attached hydrogens (tertiary/aromatic N) is 1. The fraction of sp³-hybridized carbons (Fsp3) is 0.222. The third-order valence-corrected chi connectivity index (χ3v) is 2.74. The maximum absolute atomic E-state index is 5.08. The lowest BCUT2D eigenvalue weighted by Crippen LogP contribution is -2.07. The molecular formula is C9H9NOS. The maximum atomic E-state index is 5.08. The molecular weight excluding hydrogens is 170 g/mol. The van der Waals surface area contributed by atoms with Gasteiger partial charge in [-0.15, -0.1) is 11.8 Å². The van der Waals surface area contributed by atoms with Crippen LogP contribution in [0.4, 0.5) is 5.69 Å². The zero-order chi connectivity index (χ0) is 8.39. The van der Waals surface area contributed by atoms with Gasteiger partial charge in [0, 0.05) is 4.90 Å². The van der Waals surface area contributed by atoms with Crippen LogP contribution in [0.25, 0.3) is 0 Å². The van der Waals surface area contributed by atoms with Crippen molar-refractivity contribution in [3.05, 3.63) is 24.3 Å². The molecule has 2 rings (SSSR count). The SMILES string of the molecule is COC1=Nc2ccccc2SC1. The molecule has 0 saturated heterocycles.